The lowest BCUT2D eigenvalue weighted by molar-refractivity contribution is -0.156. The number of methoxy groups -OCH3 is 1. The molecule has 1 aliphatic carbocycles. The van der Waals surface area contributed by atoms with Gasteiger partial charge >= 0.3 is 0 Å². The van der Waals surface area contributed by atoms with Crippen LogP contribution in [0.1, 0.15) is 22.6 Å². The molecule has 0 spiro atoms. The van der Waals surface area contributed by atoms with E-state index in [1.165, 1.54) is 18.1 Å². The summed E-state index contributed by atoms with van der Waals surface area (Å²) in [6.07, 6.45) is -1.58. The standard InChI is InChI=1S/C27H26BrNO6/c1-29(2)25(32)20-21(15-7-5-4-6-8-15)27(16-9-11-17(28)12-10-16)26(33,24(20)31)22-19(35-27)14-13-18(30)23(22)34-3/h4-14,20-21,24,30-31,33H,1-3H3. The molecular formula is C27H26BrNO6. The van der Waals surface area contributed by atoms with Crippen molar-refractivity contribution in [2.75, 3.05) is 21.2 Å². The Morgan fingerprint density at radius 1 is 1.06 bits per heavy atom. The smallest absolute Gasteiger partial charge is 0.228 e. The van der Waals surface area contributed by atoms with Crippen molar-refractivity contribution >= 4 is 21.8 Å². The van der Waals surface area contributed by atoms with Gasteiger partial charge in [-0.15, -0.1) is 0 Å². The van der Waals surface area contributed by atoms with E-state index in [1.807, 2.05) is 42.5 Å². The number of carbonyl (C=O) groups is 1. The topological polar surface area (TPSA) is 99.5 Å². The van der Waals surface area contributed by atoms with E-state index in [1.54, 1.807) is 32.3 Å². The molecule has 3 aromatic rings. The highest BCUT2D eigenvalue weighted by Crippen LogP contribution is 2.70. The average molecular weight is 540 g/mol. The number of rotatable bonds is 4. The summed E-state index contributed by atoms with van der Waals surface area (Å²) in [4.78, 5) is 15.0. The lowest BCUT2D eigenvalue weighted by Gasteiger charge is -2.41. The Morgan fingerprint density at radius 2 is 1.71 bits per heavy atom. The minimum absolute atomic E-state index is 0.00667. The van der Waals surface area contributed by atoms with E-state index in [-0.39, 0.29) is 28.7 Å². The molecular weight excluding hydrogens is 514 g/mol. The molecule has 0 saturated heterocycles. The number of ether oxygens (including phenoxy) is 2. The maximum atomic E-state index is 13.6. The Hall–Kier alpha value is -3.07. The van der Waals surface area contributed by atoms with Gasteiger partial charge in [-0.3, -0.25) is 4.79 Å². The fraction of sp³-hybridized carbons (Fsp3) is 0.296. The fourth-order valence-corrected chi connectivity index (χ4v) is 6.10. The zero-order valence-corrected chi connectivity index (χ0v) is 21.1. The number of halogens is 1. The molecule has 5 atom stereocenters. The molecule has 3 aromatic carbocycles. The van der Waals surface area contributed by atoms with Crippen molar-refractivity contribution in [1.29, 1.82) is 0 Å². The van der Waals surface area contributed by atoms with Crippen LogP contribution in [0.5, 0.6) is 17.2 Å². The maximum absolute atomic E-state index is 13.6. The highest BCUT2D eigenvalue weighted by molar-refractivity contribution is 9.10. The number of aliphatic hydroxyl groups excluding tert-OH is 1. The van der Waals surface area contributed by atoms with Gasteiger partial charge in [-0.2, -0.15) is 0 Å². The number of amides is 1. The summed E-state index contributed by atoms with van der Waals surface area (Å²) >= 11 is 3.46. The second kappa shape index (κ2) is 8.26. The Kier molecular flexibility index (Phi) is 5.58. The first kappa shape index (κ1) is 23.7. The van der Waals surface area contributed by atoms with Crippen molar-refractivity contribution in [1.82, 2.24) is 4.90 Å². The molecule has 3 N–H and O–H groups in total. The summed E-state index contributed by atoms with van der Waals surface area (Å²) in [7, 11) is 4.60. The van der Waals surface area contributed by atoms with E-state index in [9.17, 15) is 20.1 Å². The van der Waals surface area contributed by atoms with E-state index in [0.717, 1.165) is 10.0 Å². The lowest BCUT2D eigenvalue weighted by atomic mass is 9.70. The van der Waals surface area contributed by atoms with Crippen LogP contribution in [0.15, 0.2) is 71.2 Å². The third-order valence-electron chi connectivity index (χ3n) is 7.24. The number of benzene rings is 3. The quantitative estimate of drug-likeness (QED) is 0.469. The van der Waals surface area contributed by atoms with E-state index in [4.69, 9.17) is 9.47 Å². The predicted molar refractivity (Wildman–Crippen MR) is 132 cm³/mol. The molecule has 5 rings (SSSR count). The van der Waals surface area contributed by atoms with Crippen molar-refractivity contribution < 1.29 is 29.6 Å². The summed E-state index contributed by atoms with van der Waals surface area (Å²) < 4.78 is 13.0. The highest BCUT2D eigenvalue weighted by atomic mass is 79.9. The molecule has 1 aliphatic heterocycles. The minimum atomic E-state index is -2.13. The van der Waals surface area contributed by atoms with Crippen molar-refractivity contribution in [2.45, 2.75) is 23.2 Å². The third-order valence-corrected chi connectivity index (χ3v) is 7.77. The predicted octanol–water partition coefficient (Wildman–Crippen LogP) is 3.50. The number of hydrogen-bond donors (Lipinski definition) is 3. The van der Waals surface area contributed by atoms with Gasteiger partial charge in [-0.1, -0.05) is 58.4 Å². The van der Waals surface area contributed by atoms with Crippen molar-refractivity contribution in [3.63, 3.8) is 0 Å². The highest BCUT2D eigenvalue weighted by Gasteiger charge is 2.78. The van der Waals surface area contributed by atoms with Gasteiger partial charge in [-0.05, 0) is 35.4 Å². The SMILES string of the molecule is COc1c(O)ccc2c1C1(O)C(O)C(C(=O)N(C)C)C(c3ccccc3)C1(c1ccc(Br)cc1)O2. The zero-order chi connectivity index (χ0) is 25.1. The van der Waals surface area contributed by atoms with Crippen LogP contribution in [0.2, 0.25) is 0 Å². The van der Waals surface area contributed by atoms with Crippen LogP contribution in [-0.4, -0.2) is 53.4 Å². The van der Waals surface area contributed by atoms with Crippen molar-refractivity contribution in [3.05, 3.63) is 87.9 Å². The minimum Gasteiger partial charge on any atom is -0.504 e. The number of fused-ring (bicyclic) bond motifs is 3. The molecule has 1 fully saturated rings. The van der Waals surface area contributed by atoms with E-state index < -0.39 is 29.1 Å². The molecule has 2 aliphatic rings. The molecule has 182 valence electrons. The Balaban J connectivity index is 1.90. The lowest BCUT2D eigenvalue weighted by Crippen LogP contribution is -2.52. The molecule has 0 bridgehead atoms. The molecule has 1 amide bonds. The second-order valence-electron chi connectivity index (χ2n) is 9.19. The normalized spacial score (nSPS) is 28.7. The molecule has 5 unspecified atom stereocenters. The summed E-state index contributed by atoms with van der Waals surface area (Å²) in [5.74, 6) is -2.13. The molecule has 0 radical (unpaired) electrons. The maximum Gasteiger partial charge on any atom is 0.228 e. The van der Waals surface area contributed by atoms with E-state index >= 15 is 0 Å². The van der Waals surface area contributed by atoms with Gasteiger partial charge in [0.25, 0.3) is 0 Å². The van der Waals surface area contributed by atoms with Crippen LogP contribution in [0.4, 0.5) is 0 Å². The second-order valence-corrected chi connectivity index (χ2v) is 10.1. The average Bonchev–Trinajstić information content (AvgIpc) is 3.23. The van der Waals surface area contributed by atoms with Crippen LogP contribution in [-0.2, 0) is 16.0 Å². The van der Waals surface area contributed by atoms with Crippen LogP contribution in [0, 0.1) is 5.92 Å². The van der Waals surface area contributed by atoms with Gasteiger partial charge in [0, 0.05) is 24.5 Å². The number of carbonyl (C=O) groups excluding carboxylic acids is 1. The van der Waals surface area contributed by atoms with E-state index in [2.05, 4.69) is 15.9 Å². The first-order valence-corrected chi connectivity index (χ1v) is 12.0. The van der Waals surface area contributed by atoms with Gasteiger partial charge in [-0.25, -0.2) is 0 Å². The monoisotopic (exact) mass is 539 g/mol. The molecule has 8 heteroatoms. The van der Waals surface area contributed by atoms with Gasteiger partial charge in [0.15, 0.2) is 22.7 Å². The Bertz CT molecular complexity index is 1280. The van der Waals surface area contributed by atoms with Gasteiger partial charge < -0.3 is 29.7 Å². The molecule has 0 aromatic heterocycles. The van der Waals surface area contributed by atoms with Crippen molar-refractivity contribution in [3.8, 4) is 17.2 Å². The first-order valence-electron chi connectivity index (χ1n) is 11.2. The summed E-state index contributed by atoms with van der Waals surface area (Å²) in [6, 6.07) is 19.5. The molecule has 1 saturated carbocycles. The number of nitrogens with zero attached hydrogens (tertiary/aromatic N) is 1. The van der Waals surface area contributed by atoms with Gasteiger partial charge in [0.2, 0.25) is 5.91 Å². The number of phenolic OH excluding ortho intramolecular Hbond substituents is 1. The first-order chi connectivity index (χ1) is 16.7. The zero-order valence-electron chi connectivity index (χ0n) is 19.5. The number of aromatic hydroxyl groups is 1. The Labute approximate surface area is 211 Å². The number of hydrogen-bond acceptors (Lipinski definition) is 6. The van der Waals surface area contributed by atoms with Crippen LogP contribution in [0.25, 0.3) is 0 Å². The summed E-state index contributed by atoms with van der Waals surface area (Å²) in [5.41, 5.74) is -2.32. The van der Waals surface area contributed by atoms with Crippen LogP contribution in [0.3, 0.4) is 0 Å². The van der Waals surface area contributed by atoms with Crippen LogP contribution >= 0.6 is 15.9 Å². The van der Waals surface area contributed by atoms with E-state index in [0.29, 0.717) is 5.56 Å². The third kappa shape index (κ3) is 3.06. The van der Waals surface area contributed by atoms with Crippen LogP contribution < -0.4 is 9.47 Å². The molecule has 35 heavy (non-hydrogen) atoms. The number of phenols is 1. The molecule has 7 nitrogen and oxygen atoms in total. The van der Waals surface area contributed by atoms with Crippen molar-refractivity contribution in [2.24, 2.45) is 5.92 Å². The largest absolute Gasteiger partial charge is 0.504 e. The summed E-state index contributed by atoms with van der Waals surface area (Å²) in [6.45, 7) is 0. The summed E-state index contributed by atoms with van der Waals surface area (Å²) in [5, 5.41) is 35.1. The number of aliphatic hydroxyl groups is 2. The Morgan fingerprint density at radius 3 is 2.31 bits per heavy atom. The fourth-order valence-electron chi connectivity index (χ4n) is 5.84. The van der Waals surface area contributed by atoms with Gasteiger partial charge in [0.05, 0.1) is 18.6 Å². The molecule has 1 heterocycles. The van der Waals surface area contributed by atoms with Gasteiger partial charge in [0.1, 0.15) is 11.9 Å².